The van der Waals surface area contributed by atoms with Gasteiger partial charge < -0.3 is 5.11 Å². The highest BCUT2D eigenvalue weighted by Crippen LogP contribution is 2.65. The molecule has 4 aliphatic rings. The smallest absolute Gasteiger partial charge is 0.210 e. The minimum atomic E-state index is 0.135. The summed E-state index contributed by atoms with van der Waals surface area (Å²) in [5, 5.41) is 5.10. The van der Waals surface area contributed by atoms with Crippen LogP contribution in [0.15, 0.2) is 11.6 Å². The highest BCUT2D eigenvalue weighted by molar-refractivity contribution is 5.91. The molecule has 4 rings (SSSR count). The van der Waals surface area contributed by atoms with E-state index in [1.807, 2.05) is 6.08 Å². The summed E-state index contributed by atoms with van der Waals surface area (Å²) >= 11 is 0. The molecule has 2 nitrogen and oxygen atoms in total. The average Bonchev–Trinajstić information content (AvgIpc) is 2.84. The van der Waals surface area contributed by atoms with Gasteiger partial charge in [0.2, 0.25) is 1.43 Å². The fourth-order valence-electron chi connectivity index (χ4n) is 6.51. The number of aliphatic hydroxyl groups is 1. The first kappa shape index (κ1) is 12.9. The molecule has 0 heterocycles. The fourth-order valence-corrected chi connectivity index (χ4v) is 6.51. The third kappa shape index (κ3) is 1.78. The van der Waals surface area contributed by atoms with E-state index in [1.165, 1.54) is 31.3 Å². The van der Waals surface area contributed by atoms with E-state index in [1.54, 1.807) is 0 Å². The Balaban J connectivity index is 1.67. The van der Waals surface area contributed by atoms with Crippen molar-refractivity contribution in [2.75, 3.05) is 0 Å². The number of carbonyl (C=O) groups is 1. The molecule has 1 N–H and O–H groups in total. The van der Waals surface area contributed by atoms with Gasteiger partial charge in [-0.05, 0) is 79.6 Å². The Hall–Kier alpha value is -0.630. The molecule has 116 valence electrons. The minimum absolute atomic E-state index is 0.135. The quantitative estimate of drug-likeness (QED) is 0.795. The van der Waals surface area contributed by atoms with Crippen molar-refractivity contribution in [2.45, 2.75) is 71.3 Å². The summed E-state index contributed by atoms with van der Waals surface area (Å²) in [6.45, 7) is 4.80. The van der Waals surface area contributed by atoms with Crippen LogP contribution >= 0.6 is 0 Å². The van der Waals surface area contributed by atoms with E-state index in [0.717, 1.165) is 43.4 Å². The zero-order chi connectivity index (χ0) is 15.5. The predicted octanol–water partition coefficient (Wildman–Crippen LogP) is 3.88. The molecule has 6 atom stereocenters. The van der Waals surface area contributed by atoms with E-state index < -0.39 is 0 Å². The first-order valence-corrected chi connectivity index (χ1v) is 8.85. The molecule has 3 fully saturated rings. The zero-order valence-corrected chi connectivity index (χ0v) is 13.4. The lowest BCUT2D eigenvalue weighted by molar-refractivity contribution is -0.118. The second-order valence-electron chi connectivity index (χ2n) is 8.58. The molecular weight excluding hydrogens is 260 g/mol. The van der Waals surface area contributed by atoms with Crippen LogP contribution in [0, 0.1) is 28.6 Å². The SMILES string of the molecule is [2H]O[C@H]1CC[C@H]2[C@@H]3CCC4=CC(=O)CC[C@]4(C)[C@H]3CC[C@]12C. The molecule has 0 aromatic heterocycles. The van der Waals surface area contributed by atoms with Crippen molar-refractivity contribution in [2.24, 2.45) is 28.6 Å². The van der Waals surface area contributed by atoms with Gasteiger partial charge in [0.1, 0.15) is 0 Å². The number of rotatable bonds is 1. The maximum atomic E-state index is 11.8. The fraction of sp³-hybridized carbons (Fsp3) is 0.842. The Bertz CT molecular complexity index is 528. The van der Waals surface area contributed by atoms with Gasteiger partial charge in [0.15, 0.2) is 5.78 Å². The maximum Gasteiger partial charge on any atom is 0.210 e. The van der Waals surface area contributed by atoms with Crippen LogP contribution in [0.3, 0.4) is 0 Å². The van der Waals surface area contributed by atoms with Gasteiger partial charge in [0, 0.05) is 6.42 Å². The van der Waals surface area contributed by atoms with E-state index in [-0.39, 0.29) is 16.9 Å². The summed E-state index contributed by atoms with van der Waals surface area (Å²) in [4.78, 5) is 11.8. The van der Waals surface area contributed by atoms with Crippen molar-refractivity contribution in [3.63, 3.8) is 0 Å². The Morgan fingerprint density at radius 1 is 1.14 bits per heavy atom. The normalized spacial score (nSPS) is 53.3. The van der Waals surface area contributed by atoms with E-state index in [0.29, 0.717) is 5.78 Å². The van der Waals surface area contributed by atoms with E-state index in [2.05, 4.69) is 13.8 Å². The topological polar surface area (TPSA) is 37.3 Å². The third-order valence-corrected chi connectivity index (χ3v) is 7.88. The molecule has 0 spiro atoms. The van der Waals surface area contributed by atoms with Crippen LogP contribution in [-0.4, -0.2) is 18.4 Å². The van der Waals surface area contributed by atoms with Crippen molar-refractivity contribution < 1.29 is 9.90 Å². The van der Waals surface area contributed by atoms with Gasteiger partial charge in [-0.15, -0.1) is 0 Å². The lowest BCUT2D eigenvalue weighted by Crippen LogP contribution is -2.51. The van der Waals surface area contributed by atoms with Crippen molar-refractivity contribution in [3.05, 3.63) is 11.6 Å². The van der Waals surface area contributed by atoms with E-state index >= 15 is 0 Å². The number of ketones is 1. The second-order valence-corrected chi connectivity index (χ2v) is 8.58. The lowest BCUT2D eigenvalue weighted by Gasteiger charge is -2.57. The van der Waals surface area contributed by atoms with Crippen molar-refractivity contribution in [1.82, 2.24) is 0 Å². The number of allylic oxidation sites excluding steroid dienone is 1. The van der Waals surface area contributed by atoms with Crippen LogP contribution < -0.4 is 0 Å². The van der Waals surface area contributed by atoms with Crippen molar-refractivity contribution in [3.8, 4) is 0 Å². The van der Waals surface area contributed by atoms with E-state index in [4.69, 9.17) is 6.54 Å². The molecule has 3 saturated carbocycles. The number of hydrogen-bond donors (Lipinski definition) is 1. The van der Waals surface area contributed by atoms with E-state index in [9.17, 15) is 4.79 Å². The Morgan fingerprint density at radius 2 is 2.00 bits per heavy atom. The Kier molecular flexibility index (Phi) is 2.72. The number of hydrogen-bond acceptors (Lipinski definition) is 2. The molecule has 0 unspecified atom stereocenters. The van der Waals surface area contributed by atoms with Gasteiger partial charge in [0.05, 0.1) is 6.10 Å². The molecule has 0 aromatic carbocycles. The molecule has 0 aliphatic heterocycles. The van der Waals surface area contributed by atoms with Gasteiger partial charge in [-0.25, -0.2) is 0 Å². The van der Waals surface area contributed by atoms with Crippen LogP contribution in [-0.2, 0) is 4.79 Å². The van der Waals surface area contributed by atoms with Crippen LogP contribution in [0.1, 0.15) is 65.2 Å². The van der Waals surface area contributed by atoms with Gasteiger partial charge in [-0.2, -0.15) is 0 Å². The van der Waals surface area contributed by atoms with Crippen LogP contribution in [0.25, 0.3) is 0 Å². The molecule has 0 radical (unpaired) electrons. The van der Waals surface area contributed by atoms with Crippen LogP contribution in [0.4, 0.5) is 0 Å². The first-order chi connectivity index (χ1) is 10.5. The highest BCUT2D eigenvalue weighted by atomic mass is 16.3. The van der Waals surface area contributed by atoms with Crippen LogP contribution in [0.2, 0.25) is 0 Å². The Labute approximate surface area is 129 Å². The molecule has 2 heteroatoms. The van der Waals surface area contributed by atoms with Crippen molar-refractivity contribution in [1.29, 1.82) is 1.43 Å². The summed E-state index contributed by atoms with van der Waals surface area (Å²) < 4.78 is 7.44. The largest absolute Gasteiger partial charge is 0.393 e. The molecule has 0 amide bonds. The molecule has 0 bridgehead atoms. The summed E-state index contributed by atoms with van der Waals surface area (Å²) in [6, 6.07) is 0. The molecule has 4 aliphatic carbocycles. The lowest BCUT2D eigenvalue weighted by atomic mass is 9.47. The van der Waals surface area contributed by atoms with Crippen molar-refractivity contribution >= 4 is 5.78 Å². The zero-order valence-electron chi connectivity index (χ0n) is 14.4. The summed E-state index contributed by atoms with van der Waals surface area (Å²) in [5.41, 5.74) is 1.92. The minimum Gasteiger partial charge on any atom is -0.393 e. The summed E-state index contributed by atoms with van der Waals surface area (Å²) in [6.07, 6.45) is 11.0. The molecule has 21 heavy (non-hydrogen) atoms. The highest BCUT2D eigenvalue weighted by Gasteiger charge is 2.58. The third-order valence-electron chi connectivity index (χ3n) is 7.88. The molecular formula is C19H28O2. The monoisotopic (exact) mass is 289 g/mol. The second kappa shape index (κ2) is 4.44. The standard InChI is InChI=1S/C19H28O2/c1-18-9-7-13(20)11-12(18)3-4-14-15-5-6-17(21)19(15,2)10-8-16(14)18/h11,14-17,21H,3-10H2,1-2H3/t14-,15-,16-,17-,18-,19-/m0/s1/i21D. The maximum absolute atomic E-state index is 11.8. The molecule has 0 aromatic rings. The van der Waals surface area contributed by atoms with Gasteiger partial charge >= 0.3 is 0 Å². The van der Waals surface area contributed by atoms with Gasteiger partial charge in [-0.3, -0.25) is 4.79 Å². The Morgan fingerprint density at radius 3 is 2.81 bits per heavy atom. The number of carbonyl (C=O) groups excluding carboxylic acids is 1. The van der Waals surface area contributed by atoms with Gasteiger partial charge in [0.25, 0.3) is 0 Å². The van der Waals surface area contributed by atoms with Crippen LogP contribution in [0.5, 0.6) is 0 Å². The number of fused-ring (bicyclic) bond motifs is 5. The number of aliphatic hydroxyl groups excluding tert-OH is 1. The summed E-state index contributed by atoms with van der Waals surface area (Å²) in [7, 11) is 0. The predicted molar refractivity (Wildman–Crippen MR) is 82.7 cm³/mol. The van der Waals surface area contributed by atoms with Gasteiger partial charge in [-0.1, -0.05) is 19.4 Å². The first-order valence-electron chi connectivity index (χ1n) is 9.26. The average molecular weight is 289 g/mol. The summed E-state index contributed by atoms with van der Waals surface area (Å²) in [5.74, 6) is 2.57. The molecule has 0 saturated heterocycles.